The molecule has 0 saturated carbocycles. The molecule has 0 spiro atoms. The molecule has 2 aromatic heterocycles. The Balaban J connectivity index is 0.000000202. The van der Waals surface area contributed by atoms with E-state index in [4.69, 9.17) is 11.5 Å². The molecule has 2 rings (SSSR count). The fourth-order valence-corrected chi connectivity index (χ4v) is 1.99. The normalized spacial score (nSPS) is 9.29. The van der Waals surface area contributed by atoms with Crippen molar-refractivity contribution in [2.24, 2.45) is 0 Å². The molecule has 5 nitrogen and oxygen atoms in total. The first-order valence-electron chi connectivity index (χ1n) is 4.72. The minimum Gasteiger partial charge on any atom is -0.390 e. The maximum Gasteiger partial charge on any atom is 0.256 e. The van der Waals surface area contributed by atoms with Gasteiger partial charge in [0.25, 0.3) is 5.91 Å². The minimum atomic E-state index is -0.0382. The topological polar surface area (TPSA) is 85.2 Å². The summed E-state index contributed by atoms with van der Waals surface area (Å²) in [6.07, 6.45) is 1.68. The van der Waals surface area contributed by atoms with Gasteiger partial charge in [0.05, 0.1) is 10.6 Å². The average molecular weight is 270 g/mol. The number of hydrogen-bond donors (Lipinski definition) is 2. The second-order valence-corrected chi connectivity index (χ2v) is 5.14. The fraction of sp³-hybridized carbons (Fsp3) is 0.200. The maximum absolute atomic E-state index is 11.3. The third-order valence-electron chi connectivity index (χ3n) is 1.78. The van der Waals surface area contributed by atoms with Gasteiger partial charge in [0, 0.05) is 25.7 Å². The summed E-state index contributed by atoms with van der Waals surface area (Å²) in [6, 6.07) is 1.74. The number of anilines is 2. The third-order valence-corrected chi connectivity index (χ3v) is 3.13. The Morgan fingerprint density at radius 2 is 2.00 bits per heavy atom. The Labute approximate surface area is 108 Å². The van der Waals surface area contributed by atoms with Gasteiger partial charge in [-0.25, -0.2) is 4.98 Å². The monoisotopic (exact) mass is 270 g/mol. The smallest absolute Gasteiger partial charge is 0.256 e. The van der Waals surface area contributed by atoms with Crippen LogP contribution in [0.1, 0.15) is 10.4 Å². The molecule has 0 aliphatic rings. The van der Waals surface area contributed by atoms with E-state index in [2.05, 4.69) is 4.98 Å². The first-order valence-corrected chi connectivity index (χ1v) is 6.48. The van der Waals surface area contributed by atoms with E-state index in [1.165, 1.54) is 27.6 Å². The maximum atomic E-state index is 11.3. The van der Waals surface area contributed by atoms with Gasteiger partial charge in [0.1, 0.15) is 0 Å². The molecule has 2 heterocycles. The van der Waals surface area contributed by atoms with Crippen LogP contribution in [0.2, 0.25) is 0 Å². The highest BCUT2D eigenvalue weighted by Crippen LogP contribution is 2.19. The van der Waals surface area contributed by atoms with Gasteiger partial charge >= 0.3 is 0 Å². The standard InChI is InChI=1S/C7H10N2OS.C3H4N2S/c1-9(2)7(10)5-3-4-11-6(5)8;4-3-5-1-2-6-3/h3-4H,8H2,1-2H3;1-2H,(H2,4,5). The van der Waals surface area contributed by atoms with Gasteiger partial charge in [-0.15, -0.1) is 22.7 Å². The van der Waals surface area contributed by atoms with E-state index in [1.54, 1.807) is 26.4 Å². The van der Waals surface area contributed by atoms with Gasteiger partial charge in [-0.05, 0) is 11.4 Å². The van der Waals surface area contributed by atoms with Crippen LogP contribution in [0.4, 0.5) is 10.1 Å². The molecule has 92 valence electrons. The van der Waals surface area contributed by atoms with Crippen LogP contribution in [-0.4, -0.2) is 29.9 Å². The van der Waals surface area contributed by atoms with Crippen LogP contribution in [0.15, 0.2) is 23.0 Å². The molecule has 1 amide bonds. The molecular weight excluding hydrogens is 256 g/mol. The van der Waals surface area contributed by atoms with E-state index in [-0.39, 0.29) is 5.91 Å². The highest BCUT2D eigenvalue weighted by atomic mass is 32.1. The molecule has 0 fully saturated rings. The van der Waals surface area contributed by atoms with Gasteiger partial charge in [0.15, 0.2) is 5.13 Å². The largest absolute Gasteiger partial charge is 0.390 e. The average Bonchev–Trinajstić information content (AvgIpc) is 2.89. The van der Waals surface area contributed by atoms with Crippen LogP contribution in [0.25, 0.3) is 0 Å². The van der Waals surface area contributed by atoms with Crippen LogP contribution in [0.3, 0.4) is 0 Å². The molecule has 0 aliphatic carbocycles. The minimum absolute atomic E-state index is 0.0382. The number of nitrogens with two attached hydrogens (primary N) is 2. The van der Waals surface area contributed by atoms with E-state index >= 15 is 0 Å². The molecule has 0 bridgehead atoms. The summed E-state index contributed by atoms with van der Waals surface area (Å²) < 4.78 is 0. The Bertz CT molecular complexity index is 464. The Kier molecular flexibility index (Phi) is 4.92. The van der Waals surface area contributed by atoms with Crippen LogP contribution in [-0.2, 0) is 0 Å². The van der Waals surface area contributed by atoms with Gasteiger partial charge in [-0.1, -0.05) is 0 Å². The lowest BCUT2D eigenvalue weighted by Crippen LogP contribution is -2.21. The molecule has 0 radical (unpaired) electrons. The van der Waals surface area contributed by atoms with Crippen molar-refractivity contribution in [2.45, 2.75) is 0 Å². The number of thiazole rings is 1. The number of carbonyl (C=O) groups excluding carboxylic acids is 1. The number of nitrogens with zero attached hydrogens (tertiary/aromatic N) is 2. The van der Waals surface area contributed by atoms with Gasteiger partial charge in [-0.2, -0.15) is 0 Å². The molecule has 2 aromatic rings. The summed E-state index contributed by atoms with van der Waals surface area (Å²) in [6.45, 7) is 0. The molecule has 0 aliphatic heterocycles. The number of carbonyl (C=O) groups is 1. The van der Waals surface area contributed by atoms with Crippen LogP contribution in [0.5, 0.6) is 0 Å². The number of nitrogen functional groups attached to an aromatic ring is 2. The van der Waals surface area contributed by atoms with Crippen molar-refractivity contribution in [3.63, 3.8) is 0 Å². The summed E-state index contributed by atoms with van der Waals surface area (Å²) in [5.74, 6) is -0.0382. The zero-order valence-electron chi connectivity index (χ0n) is 9.58. The predicted octanol–water partition coefficient (Wildman–Crippen LogP) is 1.76. The summed E-state index contributed by atoms with van der Waals surface area (Å²) >= 11 is 2.82. The van der Waals surface area contributed by atoms with E-state index in [0.29, 0.717) is 15.7 Å². The van der Waals surface area contributed by atoms with Crippen LogP contribution in [0, 0.1) is 0 Å². The lowest BCUT2D eigenvalue weighted by Gasteiger charge is -2.08. The first-order chi connectivity index (χ1) is 8.02. The molecule has 17 heavy (non-hydrogen) atoms. The summed E-state index contributed by atoms with van der Waals surface area (Å²) in [7, 11) is 3.42. The number of hydrogen-bond acceptors (Lipinski definition) is 6. The zero-order valence-corrected chi connectivity index (χ0v) is 11.2. The molecule has 0 aromatic carbocycles. The molecular formula is C10H14N4OS2. The van der Waals surface area contributed by atoms with Crippen molar-refractivity contribution < 1.29 is 4.79 Å². The zero-order chi connectivity index (χ0) is 12.8. The Morgan fingerprint density at radius 1 is 1.29 bits per heavy atom. The number of rotatable bonds is 1. The Morgan fingerprint density at radius 3 is 2.29 bits per heavy atom. The Hall–Kier alpha value is -1.60. The van der Waals surface area contributed by atoms with Gasteiger partial charge in [0.2, 0.25) is 0 Å². The fourth-order valence-electron chi connectivity index (χ4n) is 0.973. The number of thiophene rings is 1. The molecule has 0 atom stereocenters. The molecule has 0 saturated heterocycles. The summed E-state index contributed by atoms with van der Waals surface area (Å²) in [4.78, 5) is 16.5. The molecule has 7 heteroatoms. The van der Waals surface area contributed by atoms with Crippen molar-refractivity contribution in [1.29, 1.82) is 0 Å². The van der Waals surface area contributed by atoms with E-state index in [1.807, 2.05) is 10.8 Å². The summed E-state index contributed by atoms with van der Waals surface area (Å²) in [5, 5.41) is 4.88. The highest BCUT2D eigenvalue weighted by molar-refractivity contribution is 7.14. The number of aromatic nitrogens is 1. The second-order valence-electron chi connectivity index (χ2n) is 3.27. The molecule has 0 unspecified atom stereocenters. The third kappa shape index (κ3) is 4.04. The van der Waals surface area contributed by atoms with Gasteiger partial charge < -0.3 is 16.4 Å². The van der Waals surface area contributed by atoms with Crippen molar-refractivity contribution >= 4 is 38.7 Å². The lowest BCUT2D eigenvalue weighted by molar-refractivity contribution is 0.0829. The summed E-state index contributed by atoms with van der Waals surface area (Å²) in [5.41, 5.74) is 11.3. The van der Waals surface area contributed by atoms with Crippen LogP contribution < -0.4 is 11.5 Å². The second kappa shape index (κ2) is 6.21. The van der Waals surface area contributed by atoms with Gasteiger partial charge in [-0.3, -0.25) is 4.79 Å². The number of amides is 1. The van der Waals surface area contributed by atoms with E-state index in [0.717, 1.165) is 0 Å². The SMILES string of the molecule is CN(C)C(=O)c1ccsc1N.Nc1nccs1. The predicted molar refractivity (Wildman–Crippen MR) is 73.3 cm³/mol. The van der Waals surface area contributed by atoms with Crippen molar-refractivity contribution in [3.8, 4) is 0 Å². The van der Waals surface area contributed by atoms with Crippen molar-refractivity contribution in [3.05, 3.63) is 28.6 Å². The van der Waals surface area contributed by atoms with Crippen molar-refractivity contribution in [2.75, 3.05) is 25.6 Å². The van der Waals surface area contributed by atoms with Crippen LogP contribution >= 0.6 is 22.7 Å². The molecule has 4 N–H and O–H groups in total. The quantitative estimate of drug-likeness (QED) is 0.826. The van der Waals surface area contributed by atoms with E-state index in [9.17, 15) is 4.79 Å². The van der Waals surface area contributed by atoms with Crippen molar-refractivity contribution in [1.82, 2.24) is 9.88 Å². The first kappa shape index (κ1) is 13.5. The van der Waals surface area contributed by atoms with E-state index < -0.39 is 0 Å². The lowest BCUT2D eigenvalue weighted by atomic mass is 10.3. The highest BCUT2D eigenvalue weighted by Gasteiger charge is 2.11.